The van der Waals surface area contributed by atoms with Gasteiger partial charge in [0.05, 0.1) is 25.3 Å². The fraction of sp³-hybridized carbons (Fsp3) is 0.385. The number of aromatic nitrogens is 1. The molecule has 1 heterocycles. The number of likely N-dealkylation sites (N-methyl/N-ethyl adjacent to an activating group) is 1. The fourth-order valence-electron chi connectivity index (χ4n) is 3.81. The number of rotatable bonds is 9. The van der Waals surface area contributed by atoms with E-state index in [2.05, 4.69) is 30.0 Å². The number of ether oxygens (including phenoxy) is 2. The highest BCUT2D eigenvalue weighted by atomic mass is 16.5. The number of anilines is 1. The molecule has 1 aromatic heterocycles. The van der Waals surface area contributed by atoms with Crippen molar-refractivity contribution in [3.63, 3.8) is 0 Å². The SMILES string of the molecule is COc1ccc(OC)c(C(=O)N(CCN(C)C)Cc2cc3cccc(C)c3nc2N(C)C)c1. The molecule has 1 amide bonds. The third kappa shape index (κ3) is 5.54. The lowest BCUT2D eigenvalue weighted by molar-refractivity contribution is 0.0728. The molecule has 0 saturated carbocycles. The number of hydrogen-bond acceptors (Lipinski definition) is 6. The highest BCUT2D eigenvalue weighted by molar-refractivity contribution is 5.97. The fourth-order valence-corrected chi connectivity index (χ4v) is 3.81. The van der Waals surface area contributed by atoms with Gasteiger partial charge < -0.3 is 24.2 Å². The molecule has 0 spiro atoms. The number of aryl methyl sites for hydroxylation is 1. The maximum absolute atomic E-state index is 13.7. The van der Waals surface area contributed by atoms with Gasteiger partial charge in [0.2, 0.25) is 0 Å². The largest absolute Gasteiger partial charge is 0.497 e. The Labute approximate surface area is 196 Å². The van der Waals surface area contributed by atoms with Crippen LogP contribution in [0.15, 0.2) is 42.5 Å². The summed E-state index contributed by atoms with van der Waals surface area (Å²) in [5, 5.41) is 1.06. The van der Waals surface area contributed by atoms with Crippen molar-refractivity contribution in [2.24, 2.45) is 0 Å². The van der Waals surface area contributed by atoms with Crippen molar-refractivity contribution in [2.45, 2.75) is 13.5 Å². The van der Waals surface area contributed by atoms with Crippen LogP contribution < -0.4 is 14.4 Å². The van der Waals surface area contributed by atoms with Crippen LogP contribution in [0.3, 0.4) is 0 Å². The van der Waals surface area contributed by atoms with E-state index in [0.717, 1.165) is 34.4 Å². The monoisotopic (exact) mass is 450 g/mol. The minimum absolute atomic E-state index is 0.110. The Morgan fingerprint density at radius 1 is 0.970 bits per heavy atom. The Hall–Kier alpha value is -3.32. The van der Waals surface area contributed by atoms with Crippen molar-refractivity contribution < 1.29 is 14.3 Å². The molecule has 176 valence electrons. The molecule has 0 N–H and O–H groups in total. The number of para-hydroxylation sites is 1. The van der Waals surface area contributed by atoms with E-state index in [1.165, 1.54) is 0 Å². The van der Waals surface area contributed by atoms with Crippen LogP contribution in [0.5, 0.6) is 11.5 Å². The number of carbonyl (C=O) groups is 1. The number of pyridine rings is 1. The molecule has 0 radical (unpaired) electrons. The van der Waals surface area contributed by atoms with E-state index in [9.17, 15) is 4.79 Å². The summed E-state index contributed by atoms with van der Waals surface area (Å²) in [6.45, 7) is 3.79. The van der Waals surface area contributed by atoms with Crippen LogP contribution in [0, 0.1) is 6.92 Å². The Morgan fingerprint density at radius 2 is 1.73 bits per heavy atom. The van der Waals surface area contributed by atoms with Crippen molar-refractivity contribution in [1.82, 2.24) is 14.8 Å². The Kier molecular flexibility index (Phi) is 7.76. The molecular weight excluding hydrogens is 416 g/mol. The molecule has 0 saturated heterocycles. The summed E-state index contributed by atoms with van der Waals surface area (Å²) in [6, 6.07) is 13.6. The van der Waals surface area contributed by atoms with E-state index in [1.54, 1.807) is 32.4 Å². The molecule has 33 heavy (non-hydrogen) atoms. The topological polar surface area (TPSA) is 58.1 Å². The van der Waals surface area contributed by atoms with Gasteiger partial charge in [-0.3, -0.25) is 4.79 Å². The van der Waals surface area contributed by atoms with Gasteiger partial charge in [0.15, 0.2) is 0 Å². The van der Waals surface area contributed by atoms with Gasteiger partial charge in [-0.25, -0.2) is 4.98 Å². The zero-order chi connectivity index (χ0) is 24.1. The number of hydrogen-bond donors (Lipinski definition) is 0. The molecular formula is C26H34N4O3. The number of fused-ring (bicyclic) bond motifs is 1. The lowest BCUT2D eigenvalue weighted by Crippen LogP contribution is -2.37. The molecule has 3 rings (SSSR count). The van der Waals surface area contributed by atoms with Crippen molar-refractivity contribution in [3.8, 4) is 11.5 Å². The van der Waals surface area contributed by atoms with E-state index in [-0.39, 0.29) is 5.91 Å². The first kappa shape index (κ1) is 24.3. The second-order valence-electron chi connectivity index (χ2n) is 8.61. The summed E-state index contributed by atoms with van der Waals surface area (Å²) in [7, 11) is 11.1. The van der Waals surface area contributed by atoms with Gasteiger partial charge in [-0.15, -0.1) is 0 Å². The Morgan fingerprint density at radius 3 is 2.36 bits per heavy atom. The molecule has 0 aliphatic heterocycles. The van der Waals surface area contributed by atoms with Crippen LogP contribution in [0.2, 0.25) is 0 Å². The summed E-state index contributed by atoms with van der Waals surface area (Å²) in [5.74, 6) is 1.89. The summed E-state index contributed by atoms with van der Waals surface area (Å²) < 4.78 is 10.9. The first-order valence-electron chi connectivity index (χ1n) is 11.0. The number of benzene rings is 2. The molecule has 0 bridgehead atoms. The van der Waals surface area contributed by atoms with E-state index in [1.807, 2.05) is 44.1 Å². The van der Waals surface area contributed by atoms with Crippen LogP contribution in [-0.2, 0) is 6.54 Å². The van der Waals surface area contributed by atoms with E-state index in [0.29, 0.717) is 30.2 Å². The normalized spacial score (nSPS) is 11.0. The average Bonchev–Trinajstić information content (AvgIpc) is 2.80. The van der Waals surface area contributed by atoms with Crippen LogP contribution >= 0.6 is 0 Å². The molecule has 0 aliphatic rings. The minimum atomic E-state index is -0.110. The van der Waals surface area contributed by atoms with Gasteiger partial charge in [0, 0.05) is 44.7 Å². The standard InChI is InChI=1S/C26H34N4O3/c1-18-9-8-10-19-15-20(25(29(4)5)27-24(18)19)17-30(14-13-28(2)3)26(31)22-16-21(32-6)11-12-23(22)33-7/h8-12,15-16H,13-14,17H2,1-7H3. The summed E-state index contributed by atoms with van der Waals surface area (Å²) in [6.07, 6.45) is 0. The van der Waals surface area contributed by atoms with E-state index >= 15 is 0 Å². The van der Waals surface area contributed by atoms with Gasteiger partial charge in [0.1, 0.15) is 17.3 Å². The van der Waals surface area contributed by atoms with Crippen LogP contribution in [0.4, 0.5) is 5.82 Å². The van der Waals surface area contributed by atoms with Crippen LogP contribution in [0.25, 0.3) is 10.9 Å². The Bertz CT molecular complexity index is 1130. The smallest absolute Gasteiger partial charge is 0.258 e. The van der Waals surface area contributed by atoms with Crippen LogP contribution in [0.1, 0.15) is 21.5 Å². The lowest BCUT2D eigenvalue weighted by atomic mass is 10.1. The quantitative estimate of drug-likeness (QED) is 0.494. The minimum Gasteiger partial charge on any atom is -0.497 e. The van der Waals surface area contributed by atoms with Gasteiger partial charge in [0.25, 0.3) is 5.91 Å². The van der Waals surface area contributed by atoms with Gasteiger partial charge in [-0.2, -0.15) is 0 Å². The lowest BCUT2D eigenvalue weighted by Gasteiger charge is -2.27. The summed E-state index contributed by atoms with van der Waals surface area (Å²) >= 11 is 0. The maximum Gasteiger partial charge on any atom is 0.258 e. The van der Waals surface area contributed by atoms with Gasteiger partial charge in [-0.1, -0.05) is 18.2 Å². The van der Waals surface area contributed by atoms with Gasteiger partial charge >= 0.3 is 0 Å². The summed E-state index contributed by atoms with van der Waals surface area (Å²) in [4.78, 5) is 24.6. The number of amides is 1. The molecule has 0 aliphatic carbocycles. The van der Waals surface area contributed by atoms with Gasteiger partial charge in [-0.05, 0) is 50.8 Å². The zero-order valence-electron chi connectivity index (χ0n) is 20.7. The highest BCUT2D eigenvalue weighted by Gasteiger charge is 2.23. The third-order valence-corrected chi connectivity index (χ3v) is 5.63. The molecule has 7 nitrogen and oxygen atoms in total. The summed E-state index contributed by atoms with van der Waals surface area (Å²) in [5.41, 5.74) is 3.58. The van der Waals surface area contributed by atoms with Crippen LogP contribution in [-0.4, -0.2) is 76.2 Å². The van der Waals surface area contributed by atoms with Crippen molar-refractivity contribution >= 4 is 22.6 Å². The first-order chi connectivity index (χ1) is 15.7. The molecule has 3 aromatic rings. The Balaban J connectivity index is 2.06. The van der Waals surface area contributed by atoms with E-state index < -0.39 is 0 Å². The van der Waals surface area contributed by atoms with Crippen molar-refractivity contribution in [1.29, 1.82) is 0 Å². The predicted octanol–water partition coefficient (Wildman–Crippen LogP) is 3.83. The second-order valence-corrected chi connectivity index (χ2v) is 8.61. The number of methoxy groups -OCH3 is 2. The predicted molar refractivity (Wildman–Crippen MR) is 134 cm³/mol. The zero-order valence-corrected chi connectivity index (χ0v) is 20.7. The van der Waals surface area contributed by atoms with E-state index in [4.69, 9.17) is 14.5 Å². The molecule has 0 atom stereocenters. The van der Waals surface area contributed by atoms with Crippen molar-refractivity contribution in [2.75, 3.05) is 60.4 Å². The average molecular weight is 451 g/mol. The molecule has 0 unspecified atom stereocenters. The molecule has 0 fully saturated rings. The molecule has 7 heteroatoms. The maximum atomic E-state index is 13.7. The number of nitrogens with zero attached hydrogens (tertiary/aromatic N) is 4. The van der Waals surface area contributed by atoms with Crippen molar-refractivity contribution in [3.05, 3.63) is 59.2 Å². The highest BCUT2D eigenvalue weighted by Crippen LogP contribution is 2.29. The second kappa shape index (κ2) is 10.5. The molecule has 2 aromatic carbocycles. The first-order valence-corrected chi connectivity index (χ1v) is 11.0. The third-order valence-electron chi connectivity index (χ3n) is 5.63. The number of carbonyl (C=O) groups excluding carboxylic acids is 1.